The zero-order valence-corrected chi connectivity index (χ0v) is 13.0. The van der Waals surface area contributed by atoms with Crippen molar-refractivity contribution >= 4 is 19.7 Å². The van der Waals surface area contributed by atoms with Gasteiger partial charge in [0.1, 0.15) is 0 Å². The SMILES string of the molecule is CCCCC(O[Si](C)(C)C)c1c[c-]cs1.[Li+]. The molecule has 1 heterocycles. The van der Waals surface area contributed by atoms with Gasteiger partial charge in [-0.1, -0.05) is 19.8 Å². The molecule has 1 aromatic heterocycles. The molecular weight excluding hydrogens is 227 g/mol. The molecule has 0 saturated carbocycles. The molecule has 0 aliphatic rings. The topological polar surface area (TPSA) is 9.23 Å². The molecule has 1 rings (SSSR count). The van der Waals surface area contributed by atoms with E-state index < -0.39 is 8.32 Å². The van der Waals surface area contributed by atoms with Gasteiger partial charge in [-0.2, -0.15) is 0 Å². The molecule has 0 N–H and O–H groups in total. The van der Waals surface area contributed by atoms with E-state index in [4.69, 9.17) is 4.43 Å². The van der Waals surface area contributed by atoms with E-state index in [1.165, 1.54) is 17.7 Å². The predicted octanol–water partition coefficient (Wildman–Crippen LogP) is 1.64. The zero-order valence-electron chi connectivity index (χ0n) is 11.2. The molecule has 0 bridgehead atoms. The summed E-state index contributed by atoms with van der Waals surface area (Å²) in [5.41, 5.74) is 0. The van der Waals surface area contributed by atoms with Crippen LogP contribution in [0.3, 0.4) is 0 Å². The van der Waals surface area contributed by atoms with Gasteiger partial charge in [0.25, 0.3) is 0 Å². The van der Waals surface area contributed by atoms with Crippen LogP contribution in [0.5, 0.6) is 0 Å². The van der Waals surface area contributed by atoms with Crippen LogP contribution in [0.2, 0.25) is 19.6 Å². The maximum atomic E-state index is 6.21. The molecule has 0 aliphatic carbocycles. The van der Waals surface area contributed by atoms with Crippen LogP contribution < -0.4 is 18.9 Å². The van der Waals surface area contributed by atoms with E-state index in [0.717, 1.165) is 6.42 Å². The van der Waals surface area contributed by atoms with Crippen LogP contribution in [0, 0.1) is 6.07 Å². The van der Waals surface area contributed by atoms with Gasteiger partial charge < -0.3 is 4.43 Å². The minimum absolute atomic E-state index is 0. The summed E-state index contributed by atoms with van der Waals surface area (Å²) in [7, 11) is -1.43. The van der Waals surface area contributed by atoms with E-state index in [1.54, 1.807) is 11.3 Å². The predicted molar refractivity (Wildman–Crippen MR) is 69.9 cm³/mol. The van der Waals surface area contributed by atoms with Crippen molar-refractivity contribution in [2.75, 3.05) is 0 Å². The average Bonchev–Trinajstić information content (AvgIpc) is 2.63. The standard InChI is InChI=1S/C12H21OSSi.Li/c1-5-6-8-11(13-15(2,3)4)12-9-7-10-14-12;/h9-11H,5-6,8H2,1-4H3;/q-1;+1. The van der Waals surface area contributed by atoms with Gasteiger partial charge in [-0.15, -0.1) is 10.3 Å². The monoisotopic (exact) mass is 248 g/mol. The summed E-state index contributed by atoms with van der Waals surface area (Å²) >= 11 is 1.76. The number of unbranched alkanes of at least 4 members (excludes halogenated alkanes) is 1. The fourth-order valence-electron chi connectivity index (χ4n) is 1.50. The molecule has 0 aliphatic heterocycles. The second-order valence-electron chi connectivity index (χ2n) is 4.81. The van der Waals surface area contributed by atoms with E-state index in [-0.39, 0.29) is 18.9 Å². The fraction of sp³-hybridized carbons (Fsp3) is 0.667. The summed E-state index contributed by atoms with van der Waals surface area (Å²) in [6.45, 7) is 8.99. The molecule has 0 fully saturated rings. The van der Waals surface area contributed by atoms with E-state index in [2.05, 4.69) is 38.7 Å². The minimum Gasteiger partial charge on any atom is -0.426 e. The third-order valence-electron chi connectivity index (χ3n) is 2.12. The van der Waals surface area contributed by atoms with Crippen LogP contribution in [-0.2, 0) is 4.43 Å². The third-order valence-corrected chi connectivity index (χ3v) is 4.02. The molecule has 1 nitrogen and oxygen atoms in total. The summed E-state index contributed by atoms with van der Waals surface area (Å²) in [4.78, 5) is 1.34. The first-order valence-electron chi connectivity index (χ1n) is 5.65. The van der Waals surface area contributed by atoms with Crippen molar-refractivity contribution in [1.82, 2.24) is 0 Å². The fourth-order valence-corrected chi connectivity index (χ4v) is 3.41. The Kier molecular flexibility index (Phi) is 7.96. The van der Waals surface area contributed by atoms with Gasteiger partial charge >= 0.3 is 18.9 Å². The maximum Gasteiger partial charge on any atom is 1.00 e. The van der Waals surface area contributed by atoms with Crippen LogP contribution in [0.25, 0.3) is 0 Å². The molecule has 0 aromatic carbocycles. The Morgan fingerprint density at radius 1 is 1.44 bits per heavy atom. The Hall–Kier alpha value is 0.474. The molecule has 1 unspecified atom stereocenters. The van der Waals surface area contributed by atoms with Gasteiger partial charge in [-0.3, -0.25) is 11.3 Å². The van der Waals surface area contributed by atoms with Crippen LogP contribution >= 0.6 is 11.3 Å². The van der Waals surface area contributed by atoms with Crippen molar-refractivity contribution in [3.63, 3.8) is 0 Å². The quantitative estimate of drug-likeness (QED) is 0.549. The molecule has 0 amide bonds. The molecular formula is C12H21LiOSSi. The number of thiophene rings is 1. The molecule has 0 spiro atoms. The normalized spacial score (nSPS) is 13.2. The van der Waals surface area contributed by atoms with Crippen LogP contribution in [0.4, 0.5) is 0 Å². The van der Waals surface area contributed by atoms with Gasteiger partial charge in [0.2, 0.25) is 0 Å². The smallest absolute Gasteiger partial charge is 0.426 e. The van der Waals surface area contributed by atoms with Crippen LogP contribution in [0.15, 0.2) is 11.4 Å². The summed E-state index contributed by atoms with van der Waals surface area (Å²) in [5, 5.41) is 2.02. The minimum atomic E-state index is -1.43. The average molecular weight is 248 g/mol. The Labute approximate surface area is 117 Å². The van der Waals surface area contributed by atoms with E-state index in [1.807, 2.05) is 5.38 Å². The first-order chi connectivity index (χ1) is 7.03. The summed E-state index contributed by atoms with van der Waals surface area (Å²) in [6, 6.07) is 5.20. The Balaban J connectivity index is 0.00000225. The van der Waals surface area contributed by atoms with Gasteiger partial charge in [0.15, 0.2) is 8.32 Å². The van der Waals surface area contributed by atoms with E-state index >= 15 is 0 Å². The summed E-state index contributed by atoms with van der Waals surface area (Å²) < 4.78 is 6.21. The number of hydrogen-bond donors (Lipinski definition) is 0. The molecule has 0 radical (unpaired) electrons. The maximum absolute atomic E-state index is 6.21. The third kappa shape index (κ3) is 6.27. The Bertz CT molecular complexity index is 269. The van der Waals surface area contributed by atoms with Gasteiger partial charge in [-0.25, -0.2) is 12.1 Å². The van der Waals surface area contributed by atoms with Gasteiger partial charge in [-0.05, 0) is 26.1 Å². The molecule has 1 atom stereocenters. The zero-order chi connectivity index (χ0) is 11.3. The van der Waals surface area contributed by atoms with Crippen molar-refractivity contribution in [2.24, 2.45) is 0 Å². The summed E-state index contributed by atoms with van der Waals surface area (Å²) in [6.07, 6.45) is 3.94. The molecule has 4 heteroatoms. The number of rotatable bonds is 6. The molecule has 1 aromatic rings. The van der Waals surface area contributed by atoms with Crippen molar-refractivity contribution in [3.8, 4) is 0 Å². The van der Waals surface area contributed by atoms with Crippen LogP contribution in [0.1, 0.15) is 37.2 Å². The van der Waals surface area contributed by atoms with Crippen molar-refractivity contribution < 1.29 is 23.3 Å². The Morgan fingerprint density at radius 2 is 2.12 bits per heavy atom. The molecule has 86 valence electrons. The first-order valence-corrected chi connectivity index (χ1v) is 9.94. The number of hydrogen-bond acceptors (Lipinski definition) is 2. The van der Waals surface area contributed by atoms with E-state index in [9.17, 15) is 0 Å². The van der Waals surface area contributed by atoms with Gasteiger partial charge in [0.05, 0.1) is 0 Å². The van der Waals surface area contributed by atoms with E-state index in [0.29, 0.717) is 6.10 Å². The molecule has 16 heavy (non-hydrogen) atoms. The van der Waals surface area contributed by atoms with Crippen molar-refractivity contribution in [1.29, 1.82) is 0 Å². The van der Waals surface area contributed by atoms with Crippen molar-refractivity contribution in [2.45, 2.75) is 51.9 Å². The largest absolute Gasteiger partial charge is 1.00 e. The van der Waals surface area contributed by atoms with Crippen LogP contribution in [-0.4, -0.2) is 8.32 Å². The second-order valence-corrected chi connectivity index (χ2v) is 10.2. The van der Waals surface area contributed by atoms with Crippen molar-refractivity contribution in [3.05, 3.63) is 22.4 Å². The summed E-state index contributed by atoms with van der Waals surface area (Å²) in [5.74, 6) is 0. The Morgan fingerprint density at radius 3 is 2.56 bits per heavy atom. The molecule has 0 saturated heterocycles. The first kappa shape index (κ1) is 16.5. The van der Waals surface area contributed by atoms with Gasteiger partial charge in [0, 0.05) is 6.10 Å². The second kappa shape index (κ2) is 7.73.